The van der Waals surface area contributed by atoms with Gasteiger partial charge in [0.25, 0.3) is 0 Å². The van der Waals surface area contributed by atoms with Crippen LogP contribution in [0.3, 0.4) is 0 Å². The molecular formula is C12H23NO3. The first-order valence-corrected chi connectivity index (χ1v) is 6.42. The largest absolute Gasteiger partial charge is 0.389 e. The highest BCUT2D eigenvalue weighted by Crippen LogP contribution is 2.27. The second-order valence-corrected chi connectivity index (χ2v) is 4.93. The SMILES string of the molecule is OC(CNCC1CC1)COCC1CCCO1. The lowest BCUT2D eigenvalue weighted by Crippen LogP contribution is -2.32. The van der Waals surface area contributed by atoms with E-state index in [4.69, 9.17) is 9.47 Å². The summed E-state index contributed by atoms with van der Waals surface area (Å²) >= 11 is 0. The maximum absolute atomic E-state index is 9.63. The van der Waals surface area contributed by atoms with Crippen molar-refractivity contribution in [2.45, 2.75) is 37.9 Å². The number of ether oxygens (including phenoxy) is 2. The van der Waals surface area contributed by atoms with E-state index in [2.05, 4.69) is 5.32 Å². The van der Waals surface area contributed by atoms with Gasteiger partial charge in [-0.15, -0.1) is 0 Å². The van der Waals surface area contributed by atoms with E-state index in [1.165, 1.54) is 12.8 Å². The van der Waals surface area contributed by atoms with Crippen molar-refractivity contribution in [3.05, 3.63) is 0 Å². The zero-order valence-corrected chi connectivity index (χ0v) is 9.86. The summed E-state index contributed by atoms with van der Waals surface area (Å²) in [5, 5.41) is 12.9. The molecule has 0 aromatic carbocycles. The third kappa shape index (κ3) is 4.78. The summed E-state index contributed by atoms with van der Waals surface area (Å²) in [4.78, 5) is 0. The Morgan fingerprint density at radius 3 is 2.94 bits per heavy atom. The van der Waals surface area contributed by atoms with Crippen LogP contribution < -0.4 is 5.32 Å². The molecule has 2 N–H and O–H groups in total. The molecular weight excluding hydrogens is 206 g/mol. The van der Waals surface area contributed by atoms with Crippen LogP contribution in [0, 0.1) is 5.92 Å². The monoisotopic (exact) mass is 229 g/mol. The summed E-state index contributed by atoms with van der Waals surface area (Å²) in [5.41, 5.74) is 0. The fraction of sp³-hybridized carbons (Fsp3) is 1.00. The van der Waals surface area contributed by atoms with E-state index in [9.17, 15) is 5.11 Å². The van der Waals surface area contributed by atoms with Gasteiger partial charge in [-0.1, -0.05) is 0 Å². The van der Waals surface area contributed by atoms with Gasteiger partial charge in [0.15, 0.2) is 0 Å². The van der Waals surface area contributed by atoms with Crippen LogP contribution in [-0.4, -0.2) is 50.2 Å². The summed E-state index contributed by atoms with van der Waals surface area (Å²) in [6.07, 6.45) is 4.79. The second kappa shape index (κ2) is 6.55. The minimum absolute atomic E-state index is 0.256. The van der Waals surface area contributed by atoms with Gasteiger partial charge in [0, 0.05) is 13.2 Å². The molecule has 0 bridgehead atoms. The molecule has 2 rings (SSSR count). The Morgan fingerprint density at radius 2 is 2.25 bits per heavy atom. The summed E-state index contributed by atoms with van der Waals surface area (Å²) in [5.74, 6) is 0.861. The van der Waals surface area contributed by atoms with Crippen molar-refractivity contribution in [2.75, 3.05) is 32.9 Å². The van der Waals surface area contributed by atoms with Gasteiger partial charge in [-0.3, -0.25) is 0 Å². The molecule has 0 radical (unpaired) electrons. The predicted octanol–water partition coefficient (Wildman–Crippen LogP) is 0.542. The minimum atomic E-state index is -0.389. The smallest absolute Gasteiger partial charge is 0.0897 e. The summed E-state index contributed by atoms with van der Waals surface area (Å²) in [6.45, 7) is 3.58. The first-order valence-electron chi connectivity index (χ1n) is 6.42. The molecule has 4 heteroatoms. The maximum atomic E-state index is 9.63. The standard InChI is InChI=1S/C12H23NO3/c14-11(7-13-6-10-3-4-10)8-15-9-12-2-1-5-16-12/h10-14H,1-9H2. The predicted molar refractivity (Wildman–Crippen MR) is 61.4 cm³/mol. The molecule has 1 heterocycles. The Balaban J connectivity index is 1.41. The Kier molecular flexibility index (Phi) is 5.03. The van der Waals surface area contributed by atoms with E-state index in [1.54, 1.807) is 0 Å². The molecule has 1 saturated heterocycles. The molecule has 94 valence electrons. The average Bonchev–Trinajstić information content (AvgIpc) is 2.94. The topological polar surface area (TPSA) is 50.7 Å². The van der Waals surface area contributed by atoms with Crippen molar-refractivity contribution < 1.29 is 14.6 Å². The molecule has 0 spiro atoms. The van der Waals surface area contributed by atoms with Gasteiger partial charge < -0.3 is 19.9 Å². The third-order valence-electron chi connectivity index (χ3n) is 3.15. The lowest BCUT2D eigenvalue weighted by molar-refractivity contribution is -0.0164. The molecule has 4 nitrogen and oxygen atoms in total. The zero-order valence-electron chi connectivity index (χ0n) is 9.86. The van der Waals surface area contributed by atoms with Crippen LogP contribution in [-0.2, 0) is 9.47 Å². The molecule has 1 aliphatic carbocycles. The number of aliphatic hydroxyl groups is 1. The van der Waals surface area contributed by atoms with Crippen molar-refractivity contribution in [3.63, 3.8) is 0 Å². The molecule has 0 aromatic rings. The van der Waals surface area contributed by atoms with Crippen molar-refractivity contribution in [1.29, 1.82) is 0 Å². The van der Waals surface area contributed by atoms with E-state index >= 15 is 0 Å². The van der Waals surface area contributed by atoms with Crippen LogP contribution in [0.1, 0.15) is 25.7 Å². The molecule has 2 atom stereocenters. The zero-order chi connectivity index (χ0) is 11.2. The van der Waals surface area contributed by atoms with Crippen molar-refractivity contribution in [3.8, 4) is 0 Å². The Hall–Kier alpha value is -0.160. The van der Waals surface area contributed by atoms with Gasteiger partial charge in [-0.2, -0.15) is 0 Å². The second-order valence-electron chi connectivity index (χ2n) is 4.93. The lowest BCUT2D eigenvalue weighted by Gasteiger charge is -2.14. The fourth-order valence-corrected chi connectivity index (χ4v) is 1.95. The van der Waals surface area contributed by atoms with Gasteiger partial charge in [0.2, 0.25) is 0 Å². The normalized spacial score (nSPS) is 27.2. The van der Waals surface area contributed by atoms with Crippen LogP contribution in [0.15, 0.2) is 0 Å². The van der Waals surface area contributed by atoms with E-state index < -0.39 is 0 Å². The van der Waals surface area contributed by atoms with Crippen LogP contribution in [0.2, 0.25) is 0 Å². The minimum Gasteiger partial charge on any atom is -0.389 e. The molecule has 16 heavy (non-hydrogen) atoms. The fourth-order valence-electron chi connectivity index (χ4n) is 1.95. The summed E-state index contributed by atoms with van der Waals surface area (Å²) in [6, 6.07) is 0. The van der Waals surface area contributed by atoms with Crippen LogP contribution in [0.25, 0.3) is 0 Å². The van der Waals surface area contributed by atoms with Gasteiger partial charge in [0.05, 0.1) is 25.4 Å². The van der Waals surface area contributed by atoms with Crippen molar-refractivity contribution in [1.82, 2.24) is 5.32 Å². The maximum Gasteiger partial charge on any atom is 0.0897 e. The molecule has 2 fully saturated rings. The average molecular weight is 229 g/mol. The first-order chi connectivity index (χ1) is 7.84. The molecule has 2 aliphatic rings. The number of hydrogen-bond donors (Lipinski definition) is 2. The molecule has 0 amide bonds. The highest BCUT2D eigenvalue weighted by molar-refractivity contribution is 4.75. The first kappa shape index (κ1) is 12.3. The van der Waals surface area contributed by atoms with E-state index in [0.29, 0.717) is 19.8 Å². The Labute approximate surface area is 97.3 Å². The molecule has 0 aromatic heterocycles. The molecule has 1 aliphatic heterocycles. The number of rotatable bonds is 8. The number of nitrogens with one attached hydrogen (secondary N) is 1. The van der Waals surface area contributed by atoms with Gasteiger partial charge in [-0.05, 0) is 38.1 Å². The van der Waals surface area contributed by atoms with Crippen molar-refractivity contribution in [2.24, 2.45) is 5.92 Å². The van der Waals surface area contributed by atoms with Crippen LogP contribution >= 0.6 is 0 Å². The Bertz CT molecular complexity index is 191. The summed E-state index contributed by atoms with van der Waals surface area (Å²) < 4.78 is 10.9. The highest BCUT2D eigenvalue weighted by atomic mass is 16.5. The third-order valence-corrected chi connectivity index (χ3v) is 3.15. The van der Waals surface area contributed by atoms with Gasteiger partial charge >= 0.3 is 0 Å². The van der Waals surface area contributed by atoms with E-state index in [1.807, 2.05) is 0 Å². The van der Waals surface area contributed by atoms with Gasteiger partial charge in [0.1, 0.15) is 0 Å². The number of hydrogen-bond acceptors (Lipinski definition) is 4. The Morgan fingerprint density at radius 1 is 1.38 bits per heavy atom. The van der Waals surface area contributed by atoms with Crippen LogP contribution in [0.4, 0.5) is 0 Å². The van der Waals surface area contributed by atoms with E-state index in [-0.39, 0.29) is 12.2 Å². The number of aliphatic hydroxyl groups excluding tert-OH is 1. The lowest BCUT2D eigenvalue weighted by atomic mass is 10.2. The summed E-state index contributed by atoms with van der Waals surface area (Å²) in [7, 11) is 0. The quantitative estimate of drug-likeness (QED) is 0.638. The molecule has 1 saturated carbocycles. The molecule has 2 unspecified atom stereocenters. The highest BCUT2D eigenvalue weighted by Gasteiger charge is 2.21. The van der Waals surface area contributed by atoms with Crippen molar-refractivity contribution >= 4 is 0 Å². The van der Waals surface area contributed by atoms with E-state index in [0.717, 1.165) is 31.9 Å². The van der Waals surface area contributed by atoms with Crippen LogP contribution in [0.5, 0.6) is 0 Å². The van der Waals surface area contributed by atoms with Gasteiger partial charge in [-0.25, -0.2) is 0 Å².